The topological polar surface area (TPSA) is 69.8 Å². The van der Waals surface area contributed by atoms with Crippen LogP contribution in [0.25, 0.3) is 11.3 Å². The van der Waals surface area contributed by atoms with E-state index in [0.717, 1.165) is 23.5 Å². The van der Waals surface area contributed by atoms with Crippen molar-refractivity contribution in [2.24, 2.45) is 0 Å². The fourth-order valence-electron chi connectivity index (χ4n) is 2.60. The van der Waals surface area contributed by atoms with Gasteiger partial charge in [0, 0.05) is 6.54 Å². The second-order valence-electron chi connectivity index (χ2n) is 5.91. The highest BCUT2D eigenvalue weighted by Crippen LogP contribution is 2.18. The number of rotatable bonds is 6. The minimum atomic E-state index is -0.200. The van der Waals surface area contributed by atoms with Gasteiger partial charge in [-0.25, -0.2) is 9.78 Å². The predicted octanol–water partition coefficient (Wildman–Crippen LogP) is 3.68. The molecule has 1 aromatic heterocycles. The monoisotopic (exact) mass is 334 g/mol. The Kier molecular flexibility index (Phi) is 5.46. The molecule has 5 heteroatoms. The average molecular weight is 334 g/mol. The molecule has 128 valence electrons. The minimum absolute atomic E-state index is 0.193. The van der Waals surface area contributed by atoms with Crippen LogP contribution in [0.5, 0.6) is 0 Å². The standard InChI is InChI=1S/C20H22N4O/c1-15(19-22-14-18(24-19)17-10-6-3-7-11-17)23-20(25)21-13-12-16-8-4-2-5-9-16/h2-11,14-15H,12-13H2,1H3,(H,22,24)(H2,21,23,25)/t15-/m0/s1. The van der Waals surface area contributed by atoms with Gasteiger partial charge in [0.15, 0.2) is 0 Å². The van der Waals surface area contributed by atoms with E-state index >= 15 is 0 Å². The Morgan fingerprint density at radius 2 is 1.76 bits per heavy atom. The lowest BCUT2D eigenvalue weighted by atomic mass is 10.1. The molecule has 1 heterocycles. The first-order valence-corrected chi connectivity index (χ1v) is 8.41. The number of carbonyl (C=O) groups is 1. The summed E-state index contributed by atoms with van der Waals surface area (Å²) in [4.78, 5) is 19.7. The fraction of sp³-hybridized carbons (Fsp3) is 0.200. The van der Waals surface area contributed by atoms with E-state index in [1.165, 1.54) is 5.56 Å². The van der Waals surface area contributed by atoms with Gasteiger partial charge in [0.05, 0.1) is 17.9 Å². The third-order valence-corrected chi connectivity index (χ3v) is 3.98. The molecule has 0 saturated carbocycles. The summed E-state index contributed by atoms with van der Waals surface area (Å²) < 4.78 is 0. The Labute approximate surface area is 147 Å². The third kappa shape index (κ3) is 4.70. The zero-order valence-electron chi connectivity index (χ0n) is 14.2. The van der Waals surface area contributed by atoms with Crippen LogP contribution in [0, 0.1) is 0 Å². The second-order valence-corrected chi connectivity index (χ2v) is 5.91. The Bertz CT molecular complexity index is 799. The normalized spacial score (nSPS) is 11.7. The van der Waals surface area contributed by atoms with Gasteiger partial charge in [0.2, 0.25) is 0 Å². The molecule has 2 aromatic carbocycles. The van der Waals surface area contributed by atoms with Gasteiger partial charge in [0.1, 0.15) is 5.82 Å². The molecule has 0 saturated heterocycles. The molecule has 1 atom stereocenters. The van der Waals surface area contributed by atoms with Gasteiger partial charge < -0.3 is 15.6 Å². The molecular formula is C20H22N4O. The molecule has 0 aliphatic carbocycles. The van der Waals surface area contributed by atoms with Gasteiger partial charge in [-0.1, -0.05) is 60.7 Å². The van der Waals surface area contributed by atoms with Gasteiger partial charge in [-0.3, -0.25) is 0 Å². The molecule has 0 spiro atoms. The second kappa shape index (κ2) is 8.15. The lowest BCUT2D eigenvalue weighted by molar-refractivity contribution is 0.237. The van der Waals surface area contributed by atoms with Gasteiger partial charge in [0.25, 0.3) is 0 Å². The van der Waals surface area contributed by atoms with Crippen molar-refractivity contribution >= 4 is 6.03 Å². The van der Waals surface area contributed by atoms with Crippen LogP contribution < -0.4 is 10.6 Å². The van der Waals surface area contributed by atoms with Crippen molar-refractivity contribution < 1.29 is 4.79 Å². The summed E-state index contributed by atoms with van der Waals surface area (Å²) >= 11 is 0. The number of benzene rings is 2. The smallest absolute Gasteiger partial charge is 0.315 e. The summed E-state index contributed by atoms with van der Waals surface area (Å²) in [5.74, 6) is 0.733. The van der Waals surface area contributed by atoms with E-state index in [2.05, 4.69) is 32.7 Å². The SMILES string of the molecule is C[C@H](NC(=O)NCCc1ccccc1)c1ncc(-c2ccccc2)[nH]1. The number of nitrogens with zero attached hydrogens (tertiary/aromatic N) is 1. The maximum Gasteiger partial charge on any atom is 0.315 e. The quantitative estimate of drug-likeness (QED) is 0.643. The number of hydrogen-bond donors (Lipinski definition) is 3. The Balaban J connectivity index is 1.49. The molecule has 0 aliphatic rings. The summed E-state index contributed by atoms with van der Waals surface area (Å²) in [7, 11) is 0. The highest BCUT2D eigenvalue weighted by atomic mass is 16.2. The zero-order valence-corrected chi connectivity index (χ0v) is 14.2. The van der Waals surface area contributed by atoms with Crippen LogP contribution >= 0.6 is 0 Å². The largest absolute Gasteiger partial charge is 0.340 e. The van der Waals surface area contributed by atoms with Crippen LogP contribution in [-0.4, -0.2) is 22.5 Å². The summed E-state index contributed by atoms with van der Waals surface area (Å²) in [6.07, 6.45) is 2.59. The van der Waals surface area contributed by atoms with Crippen molar-refractivity contribution in [1.29, 1.82) is 0 Å². The number of H-pyrrole nitrogens is 1. The third-order valence-electron chi connectivity index (χ3n) is 3.98. The van der Waals surface area contributed by atoms with Crippen LogP contribution in [-0.2, 0) is 6.42 Å². The molecule has 0 unspecified atom stereocenters. The number of nitrogens with one attached hydrogen (secondary N) is 3. The van der Waals surface area contributed by atoms with Crippen molar-refractivity contribution in [3.05, 3.63) is 78.2 Å². The Morgan fingerprint density at radius 1 is 1.08 bits per heavy atom. The molecule has 0 fully saturated rings. The van der Waals surface area contributed by atoms with E-state index in [9.17, 15) is 4.79 Å². The minimum Gasteiger partial charge on any atom is -0.340 e. The maximum absolute atomic E-state index is 12.0. The van der Waals surface area contributed by atoms with E-state index in [1.54, 1.807) is 6.20 Å². The van der Waals surface area contributed by atoms with Crippen molar-refractivity contribution in [1.82, 2.24) is 20.6 Å². The number of carbonyl (C=O) groups excluding carboxylic acids is 1. The van der Waals surface area contributed by atoms with E-state index in [0.29, 0.717) is 6.54 Å². The lowest BCUT2D eigenvalue weighted by Crippen LogP contribution is -2.38. The van der Waals surface area contributed by atoms with Crippen LogP contribution in [0.15, 0.2) is 66.9 Å². The summed E-state index contributed by atoms with van der Waals surface area (Å²) in [6.45, 7) is 2.50. The number of hydrogen-bond acceptors (Lipinski definition) is 2. The van der Waals surface area contributed by atoms with Gasteiger partial charge in [-0.05, 0) is 24.5 Å². The first-order valence-electron chi connectivity index (χ1n) is 8.41. The van der Waals surface area contributed by atoms with E-state index in [1.807, 2.05) is 55.5 Å². The van der Waals surface area contributed by atoms with Crippen LogP contribution in [0.4, 0.5) is 4.79 Å². The Morgan fingerprint density at radius 3 is 2.48 bits per heavy atom. The van der Waals surface area contributed by atoms with Gasteiger partial charge >= 0.3 is 6.03 Å². The Hall–Kier alpha value is -3.08. The average Bonchev–Trinajstić information content (AvgIpc) is 3.14. The molecular weight excluding hydrogens is 312 g/mol. The highest BCUT2D eigenvalue weighted by Gasteiger charge is 2.13. The molecule has 2 amide bonds. The number of urea groups is 1. The van der Waals surface area contributed by atoms with Crippen LogP contribution in [0.1, 0.15) is 24.4 Å². The molecule has 0 bridgehead atoms. The lowest BCUT2D eigenvalue weighted by Gasteiger charge is -2.12. The van der Waals surface area contributed by atoms with E-state index < -0.39 is 0 Å². The van der Waals surface area contributed by atoms with Gasteiger partial charge in [-0.2, -0.15) is 0 Å². The number of imidazole rings is 1. The van der Waals surface area contributed by atoms with Crippen molar-refractivity contribution in [3.63, 3.8) is 0 Å². The molecule has 0 radical (unpaired) electrons. The fourth-order valence-corrected chi connectivity index (χ4v) is 2.60. The van der Waals surface area contributed by atoms with E-state index in [-0.39, 0.29) is 12.1 Å². The van der Waals surface area contributed by atoms with Crippen molar-refractivity contribution in [3.8, 4) is 11.3 Å². The molecule has 3 rings (SSSR count). The van der Waals surface area contributed by atoms with Crippen LogP contribution in [0.3, 0.4) is 0 Å². The molecule has 3 aromatic rings. The first kappa shape index (κ1) is 16.8. The van der Waals surface area contributed by atoms with Crippen molar-refractivity contribution in [2.45, 2.75) is 19.4 Å². The zero-order chi connectivity index (χ0) is 17.5. The number of aromatic amines is 1. The van der Waals surface area contributed by atoms with Crippen molar-refractivity contribution in [2.75, 3.05) is 6.54 Å². The summed E-state index contributed by atoms with van der Waals surface area (Å²) in [6, 6.07) is 19.7. The summed E-state index contributed by atoms with van der Waals surface area (Å²) in [5.41, 5.74) is 3.21. The van der Waals surface area contributed by atoms with E-state index in [4.69, 9.17) is 0 Å². The predicted molar refractivity (Wildman–Crippen MR) is 99.1 cm³/mol. The molecule has 0 aliphatic heterocycles. The number of amides is 2. The molecule has 3 N–H and O–H groups in total. The number of aromatic nitrogens is 2. The molecule has 25 heavy (non-hydrogen) atoms. The van der Waals surface area contributed by atoms with Gasteiger partial charge in [-0.15, -0.1) is 0 Å². The maximum atomic E-state index is 12.0. The highest BCUT2D eigenvalue weighted by molar-refractivity contribution is 5.74. The van der Waals surface area contributed by atoms with Crippen LogP contribution in [0.2, 0.25) is 0 Å². The first-order chi connectivity index (χ1) is 12.2. The summed E-state index contributed by atoms with van der Waals surface area (Å²) in [5, 5.41) is 5.78. The molecule has 5 nitrogen and oxygen atoms in total.